The number of amides is 1. The van der Waals surface area contributed by atoms with Crippen LogP contribution in [0.5, 0.6) is 0 Å². The zero-order valence-corrected chi connectivity index (χ0v) is 10.5. The van der Waals surface area contributed by atoms with E-state index >= 15 is 0 Å². The van der Waals surface area contributed by atoms with E-state index in [1.54, 1.807) is 0 Å². The van der Waals surface area contributed by atoms with Gasteiger partial charge in [-0.3, -0.25) is 4.79 Å². The van der Waals surface area contributed by atoms with Crippen molar-refractivity contribution in [1.29, 1.82) is 0 Å². The number of carbonyl (C=O) groups excluding carboxylic acids is 1. The second-order valence-electron chi connectivity index (χ2n) is 5.80. The maximum Gasteiger partial charge on any atom is 0.270 e. The SMILES string of the molecule is O=C(c1cccn1C1CC1)N1CC[C@@H]2CNC[C@@H]21. The number of nitrogens with one attached hydrogen (secondary N) is 1. The lowest BCUT2D eigenvalue weighted by Gasteiger charge is -2.24. The van der Waals surface area contributed by atoms with Gasteiger partial charge in [0.25, 0.3) is 5.91 Å². The van der Waals surface area contributed by atoms with Crippen LogP contribution in [0.25, 0.3) is 0 Å². The van der Waals surface area contributed by atoms with Crippen LogP contribution in [0.15, 0.2) is 18.3 Å². The van der Waals surface area contributed by atoms with Gasteiger partial charge in [-0.25, -0.2) is 0 Å². The molecule has 0 aromatic carbocycles. The van der Waals surface area contributed by atoms with E-state index in [0.29, 0.717) is 18.0 Å². The number of nitrogens with zero attached hydrogens (tertiary/aromatic N) is 2. The van der Waals surface area contributed by atoms with Crippen molar-refractivity contribution in [3.05, 3.63) is 24.0 Å². The normalized spacial score (nSPS) is 30.8. The fraction of sp³-hybridized carbons (Fsp3) is 0.643. The van der Waals surface area contributed by atoms with Crippen molar-refractivity contribution < 1.29 is 4.79 Å². The third kappa shape index (κ3) is 1.52. The maximum absolute atomic E-state index is 12.7. The summed E-state index contributed by atoms with van der Waals surface area (Å²) in [6.45, 7) is 2.99. The van der Waals surface area contributed by atoms with E-state index in [0.717, 1.165) is 31.7 Å². The summed E-state index contributed by atoms with van der Waals surface area (Å²) < 4.78 is 2.18. The average Bonchev–Trinajstić information content (AvgIpc) is 2.83. The number of aromatic nitrogens is 1. The van der Waals surface area contributed by atoms with Gasteiger partial charge in [-0.15, -0.1) is 0 Å². The predicted octanol–water partition coefficient (Wildman–Crippen LogP) is 1.26. The number of hydrogen-bond acceptors (Lipinski definition) is 2. The van der Waals surface area contributed by atoms with Gasteiger partial charge in [-0.05, 0) is 37.3 Å². The summed E-state index contributed by atoms with van der Waals surface area (Å²) in [5.41, 5.74) is 0.894. The first-order chi connectivity index (χ1) is 8.84. The fourth-order valence-electron chi connectivity index (χ4n) is 3.49. The molecule has 0 spiro atoms. The Morgan fingerprint density at radius 1 is 1.28 bits per heavy atom. The quantitative estimate of drug-likeness (QED) is 0.851. The minimum Gasteiger partial charge on any atom is -0.340 e. The highest BCUT2D eigenvalue weighted by Gasteiger charge is 2.41. The standard InChI is InChI=1S/C14H19N3O/c18-14(12-2-1-6-16(12)11-3-4-11)17-7-5-10-8-15-9-13(10)17/h1-2,6,10-11,13,15H,3-5,7-9H2/t10-,13+/m1/s1. The van der Waals surface area contributed by atoms with E-state index in [4.69, 9.17) is 0 Å². The van der Waals surface area contributed by atoms with Gasteiger partial charge in [0.1, 0.15) is 5.69 Å². The van der Waals surface area contributed by atoms with Crippen LogP contribution in [-0.4, -0.2) is 41.1 Å². The van der Waals surface area contributed by atoms with Crippen LogP contribution in [0.3, 0.4) is 0 Å². The molecule has 1 aliphatic carbocycles. The molecular weight excluding hydrogens is 226 g/mol. The molecule has 2 saturated heterocycles. The Labute approximate surface area is 107 Å². The summed E-state index contributed by atoms with van der Waals surface area (Å²) in [7, 11) is 0. The first-order valence-electron chi connectivity index (χ1n) is 7.03. The molecule has 0 bridgehead atoms. The van der Waals surface area contributed by atoms with Gasteiger partial charge in [0.2, 0.25) is 0 Å². The number of carbonyl (C=O) groups is 1. The number of likely N-dealkylation sites (tertiary alicyclic amines) is 1. The molecule has 4 heteroatoms. The van der Waals surface area contributed by atoms with Crippen molar-refractivity contribution in [2.24, 2.45) is 5.92 Å². The van der Waals surface area contributed by atoms with Crippen molar-refractivity contribution in [1.82, 2.24) is 14.8 Å². The molecule has 1 saturated carbocycles. The molecule has 1 aromatic heterocycles. The smallest absolute Gasteiger partial charge is 0.270 e. The zero-order valence-electron chi connectivity index (χ0n) is 10.5. The molecule has 18 heavy (non-hydrogen) atoms. The monoisotopic (exact) mass is 245 g/mol. The molecule has 1 amide bonds. The zero-order chi connectivity index (χ0) is 12.1. The van der Waals surface area contributed by atoms with E-state index in [2.05, 4.69) is 21.0 Å². The van der Waals surface area contributed by atoms with Gasteiger partial charge in [-0.1, -0.05) is 0 Å². The van der Waals surface area contributed by atoms with Crippen molar-refractivity contribution in [3.8, 4) is 0 Å². The van der Waals surface area contributed by atoms with Crippen molar-refractivity contribution in [2.75, 3.05) is 19.6 Å². The predicted molar refractivity (Wildman–Crippen MR) is 68.5 cm³/mol. The van der Waals surface area contributed by atoms with Crippen LogP contribution in [0.4, 0.5) is 0 Å². The van der Waals surface area contributed by atoms with Gasteiger partial charge in [0, 0.05) is 37.9 Å². The molecule has 0 radical (unpaired) electrons. The largest absolute Gasteiger partial charge is 0.340 e. The van der Waals surface area contributed by atoms with Gasteiger partial charge >= 0.3 is 0 Å². The molecule has 2 aliphatic heterocycles. The van der Waals surface area contributed by atoms with E-state index in [1.165, 1.54) is 12.8 Å². The van der Waals surface area contributed by atoms with Gasteiger partial charge in [-0.2, -0.15) is 0 Å². The molecule has 96 valence electrons. The van der Waals surface area contributed by atoms with Crippen molar-refractivity contribution in [2.45, 2.75) is 31.3 Å². The van der Waals surface area contributed by atoms with Crippen LogP contribution < -0.4 is 5.32 Å². The molecule has 3 heterocycles. The Morgan fingerprint density at radius 3 is 3.00 bits per heavy atom. The summed E-state index contributed by atoms with van der Waals surface area (Å²) in [6, 6.07) is 5.00. The molecular formula is C14H19N3O. The van der Waals surface area contributed by atoms with E-state index < -0.39 is 0 Å². The minimum absolute atomic E-state index is 0.239. The summed E-state index contributed by atoms with van der Waals surface area (Å²) in [6.07, 6.45) is 5.67. The van der Waals surface area contributed by atoms with Crippen LogP contribution in [-0.2, 0) is 0 Å². The van der Waals surface area contributed by atoms with E-state index in [9.17, 15) is 4.79 Å². The molecule has 4 rings (SSSR count). The second-order valence-corrected chi connectivity index (χ2v) is 5.80. The molecule has 3 aliphatic rings. The topological polar surface area (TPSA) is 37.3 Å². The molecule has 1 N–H and O–H groups in total. The Kier molecular flexibility index (Phi) is 2.27. The van der Waals surface area contributed by atoms with Gasteiger partial charge in [0.15, 0.2) is 0 Å². The fourth-order valence-corrected chi connectivity index (χ4v) is 3.49. The Hall–Kier alpha value is -1.29. The maximum atomic E-state index is 12.7. The van der Waals surface area contributed by atoms with E-state index in [-0.39, 0.29) is 5.91 Å². The third-order valence-corrected chi connectivity index (χ3v) is 4.64. The lowest BCUT2D eigenvalue weighted by molar-refractivity contribution is 0.0726. The molecule has 0 unspecified atom stereocenters. The van der Waals surface area contributed by atoms with Gasteiger partial charge < -0.3 is 14.8 Å². The van der Waals surface area contributed by atoms with E-state index in [1.807, 2.05) is 12.1 Å². The molecule has 1 aromatic rings. The highest BCUT2D eigenvalue weighted by atomic mass is 16.2. The third-order valence-electron chi connectivity index (χ3n) is 4.64. The number of rotatable bonds is 2. The summed E-state index contributed by atoms with van der Waals surface area (Å²) >= 11 is 0. The van der Waals surface area contributed by atoms with Crippen LogP contribution in [0.2, 0.25) is 0 Å². The first-order valence-corrected chi connectivity index (χ1v) is 7.03. The summed E-state index contributed by atoms with van der Waals surface area (Å²) in [5, 5.41) is 3.40. The lowest BCUT2D eigenvalue weighted by Crippen LogP contribution is -2.39. The van der Waals surface area contributed by atoms with Crippen LogP contribution in [0.1, 0.15) is 35.8 Å². The van der Waals surface area contributed by atoms with Crippen LogP contribution in [0, 0.1) is 5.92 Å². The van der Waals surface area contributed by atoms with Gasteiger partial charge in [0.05, 0.1) is 0 Å². The highest BCUT2D eigenvalue weighted by molar-refractivity contribution is 5.93. The Bertz CT molecular complexity index is 477. The lowest BCUT2D eigenvalue weighted by atomic mass is 10.1. The number of hydrogen-bond donors (Lipinski definition) is 1. The highest BCUT2D eigenvalue weighted by Crippen LogP contribution is 2.37. The summed E-state index contributed by atoms with van der Waals surface area (Å²) in [5.74, 6) is 0.918. The summed E-state index contributed by atoms with van der Waals surface area (Å²) in [4.78, 5) is 14.8. The first kappa shape index (κ1) is 10.6. The van der Waals surface area contributed by atoms with Crippen molar-refractivity contribution >= 4 is 5.91 Å². The number of fused-ring (bicyclic) bond motifs is 1. The molecule has 4 nitrogen and oxygen atoms in total. The Morgan fingerprint density at radius 2 is 2.17 bits per heavy atom. The second kappa shape index (κ2) is 3.85. The molecule has 2 atom stereocenters. The van der Waals surface area contributed by atoms with Crippen LogP contribution >= 0.6 is 0 Å². The molecule has 3 fully saturated rings. The average molecular weight is 245 g/mol. The Balaban J connectivity index is 1.60. The minimum atomic E-state index is 0.239. The van der Waals surface area contributed by atoms with Crippen molar-refractivity contribution in [3.63, 3.8) is 0 Å².